The highest BCUT2D eigenvalue weighted by atomic mass is 32.2. The normalized spacial score (nSPS) is 18.0. The number of thiocarbonyl (C=S) groups is 2. The lowest BCUT2D eigenvalue weighted by molar-refractivity contribution is 0.383. The van der Waals surface area contributed by atoms with Gasteiger partial charge in [0.25, 0.3) is 0 Å². The highest BCUT2D eigenvalue weighted by Gasteiger charge is 2.25. The molecule has 0 fully saturated rings. The van der Waals surface area contributed by atoms with E-state index < -0.39 is 0 Å². The maximum atomic E-state index is 5.26. The largest absolute Gasteiger partial charge is 0.134 e. The predicted octanol–water partition coefficient (Wildman–Crippen LogP) is 6.46. The average molecular weight is 347 g/mol. The highest BCUT2D eigenvalue weighted by Crippen LogP contribution is 2.38. The molecule has 0 aromatic rings. The second kappa shape index (κ2) is 10.1. The van der Waals surface area contributed by atoms with Gasteiger partial charge in [0.1, 0.15) is 0 Å². The molecule has 114 valence electrons. The second-order valence-corrected chi connectivity index (χ2v) is 9.21. The first-order chi connectivity index (χ1) is 9.20. The van der Waals surface area contributed by atoms with Crippen LogP contribution in [0.3, 0.4) is 0 Å². The molecular weight excluding hydrogens is 320 g/mol. The molecule has 0 saturated carbocycles. The Hall–Kier alpha value is 0.360. The zero-order chi connectivity index (χ0) is 15.8. The van der Waals surface area contributed by atoms with Crippen LogP contribution in [0, 0.1) is 5.41 Å². The molecule has 0 atom stereocenters. The van der Waals surface area contributed by atoms with Gasteiger partial charge in [-0.3, -0.25) is 0 Å². The number of allylic oxidation sites excluding steroid dienone is 4. The van der Waals surface area contributed by atoms with Crippen molar-refractivity contribution in [3.8, 4) is 0 Å². The first-order valence-corrected chi connectivity index (χ1v) is 9.82. The molecule has 0 N–H and O–H groups in total. The first-order valence-electron chi connectivity index (χ1n) is 6.79. The number of hydrogen-bond acceptors (Lipinski definition) is 4. The van der Waals surface area contributed by atoms with E-state index in [1.807, 2.05) is 31.0 Å². The lowest BCUT2D eigenvalue weighted by atomic mass is 9.81. The van der Waals surface area contributed by atoms with Crippen molar-refractivity contribution in [1.82, 2.24) is 0 Å². The fourth-order valence-electron chi connectivity index (χ4n) is 1.91. The van der Waals surface area contributed by atoms with Crippen molar-refractivity contribution >= 4 is 57.7 Å². The average Bonchev–Trinajstić information content (AvgIpc) is 2.26. The van der Waals surface area contributed by atoms with Gasteiger partial charge in [0.15, 0.2) is 0 Å². The van der Waals surface area contributed by atoms with E-state index in [9.17, 15) is 0 Å². The number of hydrogen-bond donors (Lipinski definition) is 0. The molecule has 4 heteroatoms. The van der Waals surface area contributed by atoms with Crippen molar-refractivity contribution in [3.63, 3.8) is 0 Å². The Morgan fingerprint density at radius 1 is 1.35 bits per heavy atom. The fourth-order valence-corrected chi connectivity index (χ4v) is 4.15. The van der Waals surface area contributed by atoms with Gasteiger partial charge in [0.05, 0.1) is 0 Å². The lowest BCUT2D eigenvalue weighted by Gasteiger charge is -2.29. The van der Waals surface area contributed by atoms with Crippen LogP contribution in [0.4, 0.5) is 0 Å². The molecule has 1 aliphatic rings. The van der Waals surface area contributed by atoms with Gasteiger partial charge in [0, 0.05) is 9.73 Å². The maximum Gasteiger partial charge on any atom is 0.0165 e. The van der Waals surface area contributed by atoms with Crippen LogP contribution in [0.15, 0.2) is 22.0 Å². The predicted molar refractivity (Wildman–Crippen MR) is 107 cm³/mol. The molecule has 0 amide bonds. The van der Waals surface area contributed by atoms with E-state index in [1.54, 1.807) is 11.8 Å². The van der Waals surface area contributed by atoms with Crippen molar-refractivity contribution in [2.24, 2.45) is 5.41 Å². The van der Waals surface area contributed by atoms with Crippen LogP contribution in [0.5, 0.6) is 0 Å². The van der Waals surface area contributed by atoms with Crippen LogP contribution in [-0.4, -0.2) is 21.7 Å². The van der Waals surface area contributed by atoms with Crippen molar-refractivity contribution in [2.75, 3.05) is 12.0 Å². The Morgan fingerprint density at radius 2 is 1.95 bits per heavy atom. The summed E-state index contributed by atoms with van der Waals surface area (Å²) in [5.41, 5.74) is 0.392. The molecule has 0 unspecified atom stereocenters. The summed E-state index contributed by atoms with van der Waals surface area (Å²) in [5.74, 6) is 1.16. The van der Waals surface area contributed by atoms with Gasteiger partial charge >= 0.3 is 0 Å². The standard InChI is InChI=1S/C10H16S2.C6H10S2/c1-4-12-9-5-8(11)6-10(2,3)7-9;1-5(7)4-6(2)8-3/h5H,4,6-7H2,1-3H3;4H,1-3H3/b;6-4+. The SMILES string of the molecule is CCSC1=CC(=S)CC(C)(C)C1.CS/C(C)=C/C(C)=S. The minimum atomic E-state index is 0.392. The van der Waals surface area contributed by atoms with Crippen LogP contribution < -0.4 is 0 Å². The minimum Gasteiger partial charge on any atom is -0.134 e. The number of rotatable bonds is 4. The van der Waals surface area contributed by atoms with Crippen LogP contribution in [-0.2, 0) is 0 Å². The summed E-state index contributed by atoms with van der Waals surface area (Å²) < 4.78 is 0. The van der Waals surface area contributed by atoms with E-state index in [1.165, 1.54) is 16.2 Å². The van der Waals surface area contributed by atoms with E-state index in [0.717, 1.165) is 21.9 Å². The molecule has 0 radical (unpaired) electrons. The monoisotopic (exact) mass is 346 g/mol. The smallest absolute Gasteiger partial charge is 0.0165 e. The van der Waals surface area contributed by atoms with Crippen LogP contribution in [0.1, 0.15) is 47.5 Å². The summed E-state index contributed by atoms with van der Waals surface area (Å²) >= 11 is 13.8. The van der Waals surface area contributed by atoms with Gasteiger partial charge in [0.2, 0.25) is 0 Å². The van der Waals surface area contributed by atoms with Gasteiger partial charge in [-0.15, -0.1) is 23.5 Å². The van der Waals surface area contributed by atoms with Crippen molar-refractivity contribution < 1.29 is 0 Å². The van der Waals surface area contributed by atoms with E-state index >= 15 is 0 Å². The summed E-state index contributed by atoms with van der Waals surface area (Å²) in [6.07, 6.45) is 8.51. The van der Waals surface area contributed by atoms with E-state index in [4.69, 9.17) is 24.4 Å². The summed E-state index contributed by atoms with van der Waals surface area (Å²) in [7, 11) is 0. The van der Waals surface area contributed by atoms with Gasteiger partial charge in [-0.2, -0.15) is 0 Å². The third-order valence-electron chi connectivity index (χ3n) is 2.69. The van der Waals surface area contributed by atoms with Crippen molar-refractivity contribution in [3.05, 3.63) is 22.0 Å². The van der Waals surface area contributed by atoms with Crippen LogP contribution in [0.25, 0.3) is 0 Å². The van der Waals surface area contributed by atoms with E-state index in [-0.39, 0.29) is 0 Å². The molecule has 0 heterocycles. The second-order valence-electron chi connectivity index (χ2n) is 5.60. The minimum absolute atomic E-state index is 0.392. The summed E-state index contributed by atoms with van der Waals surface area (Å²) in [6.45, 7) is 10.8. The third-order valence-corrected chi connectivity index (χ3v) is 4.75. The topological polar surface area (TPSA) is 0 Å². The zero-order valence-corrected chi connectivity index (χ0v) is 16.7. The molecule has 0 spiro atoms. The molecule has 20 heavy (non-hydrogen) atoms. The lowest BCUT2D eigenvalue weighted by Crippen LogP contribution is -2.20. The molecule has 0 aromatic carbocycles. The molecule has 0 nitrogen and oxygen atoms in total. The number of thioether (sulfide) groups is 2. The summed E-state index contributed by atoms with van der Waals surface area (Å²) in [5, 5.41) is 0. The highest BCUT2D eigenvalue weighted by molar-refractivity contribution is 8.03. The van der Waals surface area contributed by atoms with Crippen LogP contribution >= 0.6 is 48.0 Å². The maximum absolute atomic E-state index is 5.26. The Kier molecular flexibility index (Phi) is 10.3. The van der Waals surface area contributed by atoms with E-state index in [0.29, 0.717) is 5.41 Å². The summed E-state index contributed by atoms with van der Waals surface area (Å²) in [6, 6.07) is 0. The van der Waals surface area contributed by atoms with E-state index in [2.05, 4.69) is 33.8 Å². The molecule has 0 aromatic heterocycles. The molecular formula is C16H26S4. The Balaban J connectivity index is 0.000000396. The molecule has 0 bridgehead atoms. The molecule has 1 aliphatic carbocycles. The quantitative estimate of drug-likeness (QED) is 0.423. The molecule has 1 rings (SSSR count). The molecule has 0 saturated heterocycles. The summed E-state index contributed by atoms with van der Waals surface area (Å²) in [4.78, 5) is 4.83. The Morgan fingerprint density at radius 3 is 2.30 bits per heavy atom. The fraction of sp³-hybridized carbons (Fsp3) is 0.625. The zero-order valence-electron chi connectivity index (χ0n) is 13.4. The van der Waals surface area contributed by atoms with Gasteiger partial charge in [-0.1, -0.05) is 45.2 Å². The van der Waals surface area contributed by atoms with Crippen molar-refractivity contribution in [2.45, 2.75) is 47.5 Å². The van der Waals surface area contributed by atoms with Crippen molar-refractivity contribution in [1.29, 1.82) is 0 Å². The van der Waals surface area contributed by atoms with Gasteiger partial charge in [-0.25, -0.2) is 0 Å². The first kappa shape index (κ1) is 20.4. The Labute approximate surface area is 144 Å². The molecule has 0 aliphatic heterocycles. The van der Waals surface area contributed by atoms with Gasteiger partial charge < -0.3 is 0 Å². The van der Waals surface area contributed by atoms with Gasteiger partial charge in [-0.05, 0) is 66.1 Å². The Bertz CT molecular complexity index is 403. The third kappa shape index (κ3) is 10.1. The van der Waals surface area contributed by atoms with Crippen LogP contribution in [0.2, 0.25) is 0 Å².